The van der Waals surface area contributed by atoms with Gasteiger partial charge in [0.05, 0.1) is 22.5 Å². The maximum absolute atomic E-state index is 12.8. The number of methoxy groups -OCH3 is 1. The lowest BCUT2D eigenvalue weighted by atomic mass is 10.1. The van der Waals surface area contributed by atoms with Gasteiger partial charge in [0.15, 0.2) is 0 Å². The zero-order chi connectivity index (χ0) is 24.0. The summed E-state index contributed by atoms with van der Waals surface area (Å²) in [5, 5.41) is 16.5. The van der Waals surface area contributed by atoms with E-state index in [2.05, 4.69) is 10.6 Å². The number of thiophene rings is 1. The van der Waals surface area contributed by atoms with Gasteiger partial charge in [-0.3, -0.25) is 19.7 Å². The first-order valence-corrected chi connectivity index (χ1v) is 10.7. The fourth-order valence-electron chi connectivity index (χ4n) is 3.15. The number of hydrogen-bond donors (Lipinski definition) is 2. The van der Waals surface area contributed by atoms with E-state index in [4.69, 9.17) is 4.74 Å². The predicted octanol–water partition coefficient (Wildman–Crippen LogP) is 3.98. The average Bonchev–Trinajstić information content (AvgIpc) is 3.14. The quantitative estimate of drug-likeness (QED) is 0.293. The molecule has 1 heterocycles. The zero-order valence-electron chi connectivity index (χ0n) is 17.9. The van der Waals surface area contributed by atoms with Crippen LogP contribution in [-0.4, -0.2) is 36.4 Å². The van der Waals surface area contributed by atoms with Gasteiger partial charge in [-0.2, -0.15) is 0 Å². The third-order valence-corrected chi connectivity index (χ3v) is 6.04. The van der Waals surface area contributed by atoms with Crippen LogP contribution in [0, 0.1) is 17.0 Å². The molecule has 0 saturated carbocycles. The molecule has 2 amide bonds. The van der Waals surface area contributed by atoms with E-state index in [1.165, 1.54) is 25.3 Å². The molecule has 3 aromatic rings. The first kappa shape index (κ1) is 23.6. The largest absolute Gasteiger partial charge is 0.465 e. The SMILES string of the molecule is COC(=O)c1c(NC(=O)c2cccc([N+](=O)[O-])c2)sc(C(=O)NCCc2ccccc2)c1C. The van der Waals surface area contributed by atoms with Crippen molar-refractivity contribution in [2.75, 3.05) is 19.0 Å². The summed E-state index contributed by atoms with van der Waals surface area (Å²) in [4.78, 5) is 48.5. The lowest BCUT2D eigenvalue weighted by molar-refractivity contribution is -0.384. The summed E-state index contributed by atoms with van der Waals surface area (Å²) in [5.74, 6) is -1.74. The Morgan fingerprint density at radius 1 is 1.06 bits per heavy atom. The van der Waals surface area contributed by atoms with Crippen molar-refractivity contribution in [3.05, 3.63) is 91.8 Å². The first-order chi connectivity index (χ1) is 15.8. The van der Waals surface area contributed by atoms with Gasteiger partial charge in [0.2, 0.25) is 0 Å². The number of non-ortho nitro benzene ring substituents is 1. The van der Waals surface area contributed by atoms with Crippen LogP contribution in [0.3, 0.4) is 0 Å². The first-order valence-electron chi connectivity index (χ1n) is 9.91. The van der Waals surface area contributed by atoms with Crippen LogP contribution in [0.4, 0.5) is 10.7 Å². The van der Waals surface area contributed by atoms with E-state index in [9.17, 15) is 24.5 Å². The molecule has 2 aromatic carbocycles. The molecule has 0 bridgehead atoms. The van der Waals surface area contributed by atoms with Crippen molar-refractivity contribution in [2.45, 2.75) is 13.3 Å². The molecule has 0 aliphatic rings. The maximum Gasteiger partial charge on any atom is 0.341 e. The summed E-state index contributed by atoms with van der Waals surface area (Å²) < 4.78 is 4.82. The highest BCUT2D eigenvalue weighted by molar-refractivity contribution is 7.18. The number of carbonyl (C=O) groups is 3. The van der Waals surface area contributed by atoms with E-state index in [1.807, 2.05) is 30.3 Å². The number of rotatable bonds is 8. The zero-order valence-corrected chi connectivity index (χ0v) is 18.7. The molecule has 9 nitrogen and oxygen atoms in total. The number of amides is 2. The number of nitrogens with zero attached hydrogens (tertiary/aromatic N) is 1. The van der Waals surface area contributed by atoms with Gasteiger partial charge in [0.25, 0.3) is 17.5 Å². The lowest BCUT2D eigenvalue weighted by Crippen LogP contribution is -2.25. The van der Waals surface area contributed by atoms with Gasteiger partial charge in [-0.15, -0.1) is 11.3 Å². The molecular formula is C23H21N3O6S. The van der Waals surface area contributed by atoms with Crippen LogP contribution < -0.4 is 10.6 Å². The minimum Gasteiger partial charge on any atom is -0.465 e. The Morgan fingerprint density at radius 2 is 1.79 bits per heavy atom. The minimum atomic E-state index is -0.707. The molecule has 0 atom stereocenters. The second-order valence-electron chi connectivity index (χ2n) is 7.00. The average molecular weight is 468 g/mol. The number of esters is 1. The second kappa shape index (κ2) is 10.5. The number of nitrogens with one attached hydrogen (secondary N) is 2. The number of carbonyl (C=O) groups excluding carboxylic acids is 3. The van der Waals surface area contributed by atoms with Gasteiger partial charge >= 0.3 is 5.97 Å². The van der Waals surface area contributed by atoms with E-state index in [1.54, 1.807) is 6.92 Å². The maximum atomic E-state index is 12.8. The summed E-state index contributed by atoms with van der Waals surface area (Å²) in [5.41, 5.74) is 1.31. The summed E-state index contributed by atoms with van der Waals surface area (Å²) in [6.07, 6.45) is 0.636. The van der Waals surface area contributed by atoms with Gasteiger partial charge in [-0.25, -0.2) is 4.79 Å². The van der Waals surface area contributed by atoms with Crippen LogP contribution in [0.15, 0.2) is 54.6 Å². The standard InChI is InChI=1S/C23H21N3O6S/c1-14-18(23(29)32-2)22(25-20(27)16-9-6-10-17(13-16)26(30)31)33-19(14)21(28)24-12-11-15-7-4-3-5-8-15/h3-10,13H,11-12H2,1-2H3,(H,24,28)(H,25,27). The van der Waals surface area contributed by atoms with E-state index >= 15 is 0 Å². The molecule has 0 aliphatic heterocycles. The highest BCUT2D eigenvalue weighted by atomic mass is 32.1. The van der Waals surface area contributed by atoms with Gasteiger partial charge in [-0.05, 0) is 30.5 Å². The van der Waals surface area contributed by atoms with E-state index in [-0.39, 0.29) is 32.6 Å². The van der Waals surface area contributed by atoms with Crippen molar-refractivity contribution in [2.24, 2.45) is 0 Å². The molecule has 0 saturated heterocycles. The summed E-state index contributed by atoms with van der Waals surface area (Å²) in [6.45, 7) is 1.99. The summed E-state index contributed by atoms with van der Waals surface area (Å²) >= 11 is 0.939. The molecule has 0 unspecified atom stereocenters. The Bertz CT molecular complexity index is 1210. The van der Waals surface area contributed by atoms with Crippen LogP contribution in [0.5, 0.6) is 0 Å². The van der Waals surface area contributed by atoms with Gasteiger partial charge in [0, 0.05) is 24.2 Å². The van der Waals surface area contributed by atoms with Gasteiger partial charge in [-0.1, -0.05) is 36.4 Å². The second-order valence-corrected chi connectivity index (χ2v) is 8.03. The Kier molecular flexibility index (Phi) is 7.52. The fraction of sp³-hybridized carbons (Fsp3) is 0.174. The molecule has 0 aliphatic carbocycles. The molecule has 33 heavy (non-hydrogen) atoms. The molecule has 170 valence electrons. The fourth-order valence-corrected chi connectivity index (χ4v) is 4.25. The highest BCUT2D eigenvalue weighted by Crippen LogP contribution is 2.34. The smallest absolute Gasteiger partial charge is 0.341 e. The van der Waals surface area contributed by atoms with E-state index < -0.39 is 16.8 Å². The summed E-state index contributed by atoms with van der Waals surface area (Å²) in [6, 6.07) is 14.9. The predicted molar refractivity (Wildman–Crippen MR) is 124 cm³/mol. The summed E-state index contributed by atoms with van der Waals surface area (Å²) in [7, 11) is 1.20. The number of hydrogen-bond acceptors (Lipinski definition) is 7. The number of ether oxygens (including phenoxy) is 1. The van der Waals surface area contributed by atoms with Crippen LogP contribution in [-0.2, 0) is 11.2 Å². The van der Waals surface area contributed by atoms with Gasteiger partial charge in [0.1, 0.15) is 5.00 Å². The molecule has 10 heteroatoms. The van der Waals surface area contributed by atoms with Crippen molar-refractivity contribution in [1.82, 2.24) is 5.32 Å². The number of nitro benzene ring substituents is 1. The molecule has 3 rings (SSSR count). The van der Waals surface area contributed by atoms with Crippen LogP contribution in [0.2, 0.25) is 0 Å². The normalized spacial score (nSPS) is 10.4. The van der Waals surface area contributed by atoms with Crippen molar-refractivity contribution >= 4 is 39.8 Å². The Balaban J connectivity index is 1.81. The number of benzene rings is 2. The molecule has 0 spiro atoms. The molecule has 1 aromatic heterocycles. The third-order valence-electron chi connectivity index (χ3n) is 4.83. The Labute approximate surface area is 193 Å². The van der Waals surface area contributed by atoms with Crippen molar-refractivity contribution in [3.8, 4) is 0 Å². The monoisotopic (exact) mass is 467 g/mol. The molecule has 0 radical (unpaired) electrons. The highest BCUT2D eigenvalue weighted by Gasteiger charge is 2.26. The Hall–Kier alpha value is -4.05. The van der Waals surface area contributed by atoms with Gasteiger partial charge < -0.3 is 15.4 Å². The Morgan fingerprint density at radius 3 is 2.45 bits per heavy atom. The number of nitro groups is 1. The molecule has 0 fully saturated rings. The van der Waals surface area contributed by atoms with Crippen LogP contribution in [0.1, 0.15) is 41.5 Å². The van der Waals surface area contributed by atoms with Crippen molar-refractivity contribution in [3.63, 3.8) is 0 Å². The molecule has 2 N–H and O–H groups in total. The van der Waals surface area contributed by atoms with Crippen molar-refractivity contribution in [1.29, 1.82) is 0 Å². The number of anilines is 1. The van der Waals surface area contributed by atoms with Crippen molar-refractivity contribution < 1.29 is 24.0 Å². The van der Waals surface area contributed by atoms with Crippen LogP contribution >= 0.6 is 11.3 Å². The third kappa shape index (κ3) is 5.60. The van der Waals surface area contributed by atoms with E-state index in [0.29, 0.717) is 18.5 Å². The van der Waals surface area contributed by atoms with E-state index in [0.717, 1.165) is 23.0 Å². The topological polar surface area (TPSA) is 128 Å². The lowest BCUT2D eigenvalue weighted by Gasteiger charge is -2.06. The minimum absolute atomic E-state index is 0.0416. The van der Waals surface area contributed by atoms with Crippen LogP contribution in [0.25, 0.3) is 0 Å². The molecular weight excluding hydrogens is 446 g/mol.